The quantitative estimate of drug-likeness (QED) is 0.566. The first-order chi connectivity index (χ1) is 8.56. The van der Waals surface area contributed by atoms with Crippen LogP contribution in [0.5, 0.6) is 0 Å². The largest absolute Gasteiger partial charge is 0.294 e. The average molecular weight is 371 g/mol. The molecule has 0 N–H and O–H groups in total. The van der Waals surface area contributed by atoms with Gasteiger partial charge in [0.15, 0.2) is 5.78 Å². The first-order valence-electron chi connectivity index (χ1n) is 5.60. The number of hydrogen-bond acceptors (Lipinski definition) is 1. The summed E-state index contributed by atoms with van der Waals surface area (Å²) < 4.78 is 0.959. The fourth-order valence-corrected chi connectivity index (χ4v) is 2.18. The Hall–Kier alpha value is -0.870. The molecule has 2 rings (SSSR count). The highest BCUT2D eigenvalue weighted by molar-refractivity contribution is 14.1. The zero-order valence-corrected chi connectivity index (χ0v) is 12.8. The van der Waals surface area contributed by atoms with Crippen LogP contribution in [0.2, 0.25) is 5.02 Å². The molecule has 0 unspecified atom stereocenters. The second kappa shape index (κ2) is 5.85. The van der Waals surface area contributed by atoms with Crippen molar-refractivity contribution in [2.75, 3.05) is 0 Å². The van der Waals surface area contributed by atoms with E-state index < -0.39 is 0 Å². The molecule has 0 aliphatic heterocycles. The lowest BCUT2D eigenvalue weighted by atomic mass is 10.0. The Morgan fingerprint density at radius 3 is 2.44 bits per heavy atom. The molecular weight excluding hydrogens is 359 g/mol. The Morgan fingerprint density at radius 1 is 1.17 bits per heavy atom. The minimum atomic E-state index is 0.0946. The van der Waals surface area contributed by atoms with Gasteiger partial charge in [0.05, 0.1) is 5.02 Å². The highest BCUT2D eigenvalue weighted by Gasteiger charge is 2.08. The molecule has 18 heavy (non-hydrogen) atoms. The topological polar surface area (TPSA) is 17.1 Å². The van der Waals surface area contributed by atoms with Crippen molar-refractivity contribution in [3.05, 3.63) is 67.7 Å². The van der Waals surface area contributed by atoms with Crippen LogP contribution in [0.1, 0.15) is 21.5 Å². The third-order valence-corrected chi connectivity index (χ3v) is 4.30. The lowest BCUT2D eigenvalue weighted by Gasteiger charge is -2.04. The van der Waals surface area contributed by atoms with Gasteiger partial charge in [0.2, 0.25) is 0 Å². The van der Waals surface area contributed by atoms with Gasteiger partial charge in [-0.2, -0.15) is 0 Å². The van der Waals surface area contributed by atoms with Gasteiger partial charge in [-0.1, -0.05) is 47.5 Å². The summed E-state index contributed by atoms with van der Waals surface area (Å²) >= 11 is 8.17. The molecule has 1 nitrogen and oxygen atoms in total. The molecule has 0 heterocycles. The van der Waals surface area contributed by atoms with E-state index in [2.05, 4.69) is 22.6 Å². The fraction of sp³-hybridized carbons (Fsp3) is 0.133. The molecule has 3 heteroatoms. The van der Waals surface area contributed by atoms with Gasteiger partial charge in [-0.15, -0.1) is 0 Å². The summed E-state index contributed by atoms with van der Waals surface area (Å²) in [5.41, 5.74) is 2.89. The number of hydrogen-bond donors (Lipinski definition) is 0. The zero-order valence-electron chi connectivity index (χ0n) is 9.91. The predicted octanol–water partition coefficient (Wildman–Crippen LogP) is 4.68. The van der Waals surface area contributed by atoms with Crippen molar-refractivity contribution < 1.29 is 4.79 Å². The lowest BCUT2D eigenvalue weighted by Crippen LogP contribution is -2.03. The normalized spacial score (nSPS) is 10.4. The van der Waals surface area contributed by atoms with Crippen LogP contribution in [0.15, 0.2) is 42.5 Å². The monoisotopic (exact) mass is 370 g/mol. The Labute approximate surface area is 125 Å². The highest BCUT2D eigenvalue weighted by atomic mass is 127. The number of Topliss-reactive ketones (excluding diaryl/α,β-unsaturated/α-hetero) is 1. The van der Waals surface area contributed by atoms with Crippen LogP contribution in [0.25, 0.3) is 0 Å². The molecule has 0 saturated heterocycles. The first-order valence-corrected chi connectivity index (χ1v) is 7.06. The summed E-state index contributed by atoms with van der Waals surface area (Å²) in [6.07, 6.45) is 0.414. The van der Waals surface area contributed by atoms with Crippen LogP contribution in [0.4, 0.5) is 0 Å². The molecule has 0 radical (unpaired) electrons. The van der Waals surface area contributed by atoms with Gasteiger partial charge in [0, 0.05) is 15.6 Å². The van der Waals surface area contributed by atoms with E-state index in [-0.39, 0.29) is 5.78 Å². The van der Waals surface area contributed by atoms with Gasteiger partial charge < -0.3 is 0 Å². The van der Waals surface area contributed by atoms with Crippen LogP contribution in [-0.2, 0) is 6.42 Å². The summed E-state index contributed by atoms with van der Waals surface area (Å²) in [7, 11) is 0. The molecule has 0 bridgehead atoms. The van der Waals surface area contributed by atoms with Gasteiger partial charge in [0.25, 0.3) is 0 Å². The van der Waals surface area contributed by atoms with Crippen molar-refractivity contribution in [3.63, 3.8) is 0 Å². The number of rotatable bonds is 3. The van der Waals surface area contributed by atoms with Crippen molar-refractivity contribution in [3.8, 4) is 0 Å². The second-order valence-corrected chi connectivity index (χ2v) is 5.78. The Kier molecular flexibility index (Phi) is 4.40. The molecule has 0 aromatic heterocycles. The maximum absolute atomic E-state index is 12.1. The fourth-order valence-electron chi connectivity index (χ4n) is 1.66. The van der Waals surface area contributed by atoms with Gasteiger partial charge >= 0.3 is 0 Å². The van der Waals surface area contributed by atoms with Gasteiger partial charge in [0.1, 0.15) is 0 Å². The molecule has 0 fully saturated rings. The SMILES string of the molecule is Cc1ccc(CC(=O)c2ccc(I)c(Cl)c2)cc1. The molecule has 0 aliphatic rings. The summed E-state index contributed by atoms with van der Waals surface area (Å²) in [5.74, 6) is 0.0946. The van der Waals surface area contributed by atoms with Crippen molar-refractivity contribution in [2.24, 2.45) is 0 Å². The lowest BCUT2D eigenvalue weighted by molar-refractivity contribution is 0.0993. The smallest absolute Gasteiger partial charge is 0.167 e. The first kappa shape index (κ1) is 13.6. The number of ketones is 1. The standard InChI is InChI=1S/C15H12ClIO/c1-10-2-4-11(5-3-10)8-15(18)12-6-7-14(17)13(16)9-12/h2-7,9H,8H2,1H3. The third kappa shape index (κ3) is 3.33. The molecule has 0 saturated carbocycles. The number of halogens is 2. The van der Waals surface area contributed by atoms with E-state index in [0.29, 0.717) is 17.0 Å². The van der Waals surface area contributed by atoms with Crippen molar-refractivity contribution in [1.82, 2.24) is 0 Å². The molecule has 0 amide bonds. The van der Waals surface area contributed by atoms with Crippen LogP contribution in [0, 0.1) is 10.5 Å². The van der Waals surface area contributed by atoms with E-state index in [0.717, 1.165) is 9.13 Å². The molecule has 92 valence electrons. The summed E-state index contributed by atoms with van der Waals surface area (Å²) in [6, 6.07) is 13.4. The molecule has 2 aromatic carbocycles. The maximum Gasteiger partial charge on any atom is 0.167 e. The number of carbonyl (C=O) groups is 1. The molecule has 0 aliphatic carbocycles. The second-order valence-electron chi connectivity index (χ2n) is 4.21. The summed E-state index contributed by atoms with van der Waals surface area (Å²) in [4.78, 5) is 12.1. The number of carbonyl (C=O) groups excluding carboxylic acids is 1. The van der Waals surface area contributed by atoms with Gasteiger partial charge in [-0.25, -0.2) is 0 Å². The number of aryl methyl sites for hydroxylation is 1. The van der Waals surface area contributed by atoms with E-state index in [1.54, 1.807) is 6.07 Å². The van der Waals surface area contributed by atoms with Crippen molar-refractivity contribution in [1.29, 1.82) is 0 Å². The van der Waals surface area contributed by atoms with Crippen molar-refractivity contribution in [2.45, 2.75) is 13.3 Å². The van der Waals surface area contributed by atoms with Crippen LogP contribution >= 0.6 is 34.2 Å². The maximum atomic E-state index is 12.1. The van der Waals surface area contributed by atoms with Crippen LogP contribution in [0.3, 0.4) is 0 Å². The predicted molar refractivity (Wildman–Crippen MR) is 83.4 cm³/mol. The van der Waals surface area contributed by atoms with Gasteiger partial charge in [-0.3, -0.25) is 4.79 Å². The Bertz CT molecular complexity index is 576. The van der Waals surface area contributed by atoms with E-state index in [1.165, 1.54) is 5.56 Å². The minimum Gasteiger partial charge on any atom is -0.294 e. The molecule has 0 atom stereocenters. The highest BCUT2D eigenvalue weighted by Crippen LogP contribution is 2.20. The molecule has 0 spiro atoms. The number of benzene rings is 2. The molecular formula is C15H12ClIO. The summed E-state index contributed by atoms with van der Waals surface area (Å²) in [5, 5.41) is 0.630. The van der Waals surface area contributed by atoms with E-state index in [4.69, 9.17) is 11.6 Å². The molecule has 2 aromatic rings. The van der Waals surface area contributed by atoms with E-state index >= 15 is 0 Å². The van der Waals surface area contributed by atoms with Crippen LogP contribution in [-0.4, -0.2) is 5.78 Å². The van der Waals surface area contributed by atoms with Crippen molar-refractivity contribution >= 4 is 40.0 Å². The van der Waals surface area contributed by atoms with Gasteiger partial charge in [-0.05, 0) is 47.2 Å². The minimum absolute atomic E-state index is 0.0946. The summed E-state index contributed by atoms with van der Waals surface area (Å²) in [6.45, 7) is 2.03. The van der Waals surface area contributed by atoms with E-state index in [1.807, 2.05) is 43.3 Å². The van der Waals surface area contributed by atoms with Crippen LogP contribution < -0.4 is 0 Å². The average Bonchev–Trinajstić information content (AvgIpc) is 2.35. The third-order valence-electron chi connectivity index (χ3n) is 2.73. The Balaban J connectivity index is 2.16. The Morgan fingerprint density at radius 2 is 1.83 bits per heavy atom. The van der Waals surface area contributed by atoms with E-state index in [9.17, 15) is 4.79 Å². The zero-order chi connectivity index (χ0) is 13.1.